The number of likely N-dealkylation sites (N-methyl/N-ethyl adjacent to an activating group) is 1. The van der Waals surface area contributed by atoms with Crippen LogP contribution in [0, 0.1) is 0 Å². The third kappa shape index (κ3) is 5.11. The van der Waals surface area contributed by atoms with E-state index in [1.54, 1.807) is 0 Å². The molecule has 2 rings (SSSR count). The van der Waals surface area contributed by atoms with Gasteiger partial charge in [-0.25, -0.2) is 0 Å². The van der Waals surface area contributed by atoms with Crippen molar-refractivity contribution in [3.05, 3.63) is 0 Å². The second kappa shape index (κ2) is 7.85. The van der Waals surface area contributed by atoms with Crippen LogP contribution in [0.15, 0.2) is 0 Å². The summed E-state index contributed by atoms with van der Waals surface area (Å²) in [4.78, 5) is 16.4. The molecule has 4 nitrogen and oxygen atoms in total. The van der Waals surface area contributed by atoms with Gasteiger partial charge in [0, 0.05) is 32.7 Å². The maximum absolute atomic E-state index is 12.0. The lowest BCUT2D eigenvalue weighted by atomic mass is 10.1. The molecule has 0 spiro atoms. The van der Waals surface area contributed by atoms with Crippen LogP contribution >= 0.6 is 0 Å². The predicted molar refractivity (Wildman–Crippen MR) is 76.1 cm³/mol. The standard InChI is InChI=1S/C15H28N2O2/c1-16(13-14-7-6-12-19-14)9-5-8-15(18)17-10-3-2-4-11-17/h14H,2-13H2,1H3/t14-/m0/s1. The molecule has 0 N–H and O–H groups in total. The fourth-order valence-electron chi connectivity index (χ4n) is 3.03. The Morgan fingerprint density at radius 3 is 2.74 bits per heavy atom. The smallest absolute Gasteiger partial charge is 0.222 e. The van der Waals surface area contributed by atoms with Crippen LogP contribution in [0.5, 0.6) is 0 Å². The molecule has 1 amide bonds. The number of nitrogens with zero attached hydrogens (tertiary/aromatic N) is 2. The van der Waals surface area contributed by atoms with E-state index < -0.39 is 0 Å². The molecule has 2 heterocycles. The zero-order chi connectivity index (χ0) is 13.5. The van der Waals surface area contributed by atoms with E-state index in [9.17, 15) is 4.79 Å². The van der Waals surface area contributed by atoms with Crippen molar-refractivity contribution in [1.82, 2.24) is 9.80 Å². The van der Waals surface area contributed by atoms with Crippen LogP contribution in [0.4, 0.5) is 0 Å². The molecule has 2 fully saturated rings. The zero-order valence-electron chi connectivity index (χ0n) is 12.3. The van der Waals surface area contributed by atoms with Gasteiger partial charge in [-0.3, -0.25) is 4.79 Å². The topological polar surface area (TPSA) is 32.8 Å². The highest BCUT2D eigenvalue weighted by Crippen LogP contribution is 2.13. The van der Waals surface area contributed by atoms with E-state index in [1.807, 2.05) is 4.90 Å². The summed E-state index contributed by atoms with van der Waals surface area (Å²) in [5.41, 5.74) is 0. The van der Waals surface area contributed by atoms with Crippen molar-refractivity contribution >= 4 is 5.91 Å². The van der Waals surface area contributed by atoms with Gasteiger partial charge in [0.1, 0.15) is 0 Å². The number of hydrogen-bond donors (Lipinski definition) is 0. The third-order valence-corrected chi connectivity index (χ3v) is 4.18. The Morgan fingerprint density at radius 1 is 1.26 bits per heavy atom. The molecule has 0 aliphatic carbocycles. The van der Waals surface area contributed by atoms with Gasteiger partial charge in [0.05, 0.1) is 6.10 Å². The number of carbonyl (C=O) groups excluding carboxylic acids is 1. The summed E-state index contributed by atoms with van der Waals surface area (Å²) >= 11 is 0. The fraction of sp³-hybridized carbons (Fsp3) is 0.933. The summed E-state index contributed by atoms with van der Waals surface area (Å²) in [7, 11) is 2.13. The quantitative estimate of drug-likeness (QED) is 0.737. The maximum Gasteiger partial charge on any atom is 0.222 e. The Morgan fingerprint density at radius 2 is 2.05 bits per heavy atom. The van der Waals surface area contributed by atoms with Gasteiger partial charge in [-0.1, -0.05) is 0 Å². The van der Waals surface area contributed by atoms with E-state index in [0.717, 1.165) is 39.2 Å². The van der Waals surface area contributed by atoms with Gasteiger partial charge >= 0.3 is 0 Å². The fourth-order valence-corrected chi connectivity index (χ4v) is 3.03. The lowest BCUT2D eigenvalue weighted by Gasteiger charge is -2.27. The predicted octanol–water partition coefficient (Wildman–Crippen LogP) is 1.89. The van der Waals surface area contributed by atoms with Gasteiger partial charge in [0.15, 0.2) is 0 Å². The molecule has 0 radical (unpaired) electrons. The SMILES string of the molecule is CN(CCCC(=O)N1CCCCC1)C[C@@H]1CCCO1. The number of carbonyl (C=O) groups is 1. The first kappa shape index (κ1) is 14.8. The lowest BCUT2D eigenvalue weighted by Crippen LogP contribution is -2.36. The average molecular weight is 268 g/mol. The van der Waals surface area contributed by atoms with Gasteiger partial charge in [-0.2, -0.15) is 0 Å². The first-order chi connectivity index (χ1) is 9.25. The highest BCUT2D eigenvalue weighted by molar-refractivity contribution is 5.76. The van der Waals surface area contributed by atoms with E-state index in [2.05, 4.69) is 11.9 Å². The minimum atomic E-state index is 0.352. The molecular formula is C15H28N2O2. The van der Waals surface area contributed by atoms with Gasteiger partial charge in [0.2, 0.25) is 5.91 Å². The van der Waals surface area contributed by atoms with E-state index >= 15 is 0 Å². The molecule has 0 unspecified atom stereocenters. The van der Waals surface area contributed by atoms with E-state index in [4.69, 9.17) is 4.74 Å². The first-order valence-corrected chi connectivity index (χ1v) is 7.83. The minimum Gasteiger partial charge on any atom is -0.377 e. The van der Waals surface area contributed by atoms with Crippen molar-refractivity contribution in [2.75, 3.05) is 39.8 Å². The molecular weight excluding hydrogens is 240 g/mol. The van der Waals surface area contributed by atoms with Crippen LogP contribution in [-0.2, 0) is 9.53 Å². The highest BCUT2D eigenvalue weighted by Gasteiger charge is 2.18. The van der Waals surface area contributed by atoms with Crippen molar-refractivity contribution in [1.29, 1.82) is 0 Å². The Kier molecular flexibility index (Phi) is 6.11. The van der Waals surface area contributed by atoms with Gasteiger partial charge < -0.3 is 14.5 Å². The van der Waals surface area contributed by atoms with E-state index in [1.165, 1.54) is 32.1 Å². The molecule has 0 saturated carbocycles. The van der Waals surface area contributed by atoms with Crippen LogP contribution in [0.25, 0.3) is 0 Å². The number of hydrogen-bond acceptors (Lipinski definition) is 3. The van der Waals surface area contributed by atoms with Gasteiger partial charge in [-0.05, 0) is 52.1 Å². The summed E-state index contributed by atoms with van der Waals surface area (Å²) in [6.45, 7) is 4.89. The summed E-state index contributed by atoms with van der Waals surface area (Å²) in [5, 5.41) is 0. The molecule has 19 heavy (non-hydrogen) atoms. The maximum atomic E-state index is 12.0. The summed E-state index contributed by atoms with van der Waals surface area (Å²) in [6, 6.07) is 0. The number of amides is 1. The highest BCUT2D eigenvalue weighted by atomic mass is 16.5. The van der Waals surface area contributed by atoms with Crippen molar-refractivity contribution in [3.8, 4) is 0 Å². The van der Waals surface area contributed by atoms with E-state index in [-0.39, 0.29) is 0 Å². The summed E-state index contributed by atoms with van der Waals surface area (Å²) < 4.78 is 5.63. The van der Waals surface area contributed by atoms with Crippen molar-refractivity contribution in [2.24, 2.45) is 0 Å². The molecule has 0 aromatic rings. The van der Waals surface area contributed by atoms with Crippen molar-refractivity contribution in [2.45, 2.75) is 51.0 Å². The normalized spacial score (nSPS) is 24.1. The van der Waals surface area contributed by atoms with Gasteiger partial charge in [0.25, 0.3) is 0 Å². The lowest BCUT2D eigenvalue weighted by molar-refractivity contribution is -0.132. The molecule has 2 aliphatic heterocycles. The molecule has 2 aliphatic rings. The number of likely N-dealkylation sites (tertiary alicyclic amines) is 1. The third-order valence-electron chi connectivity index (χ3n) is 4.18. The van der Waals surface area contributed by atoms with Crippen LogP contribution < -0.4 is 0 Å². The van der Waals surface area contributed by atoms with Crippen LogP contribution in [0.1, 0.15) is 44.9 Å². The molecule has 110 valence electrons. The second-order valence-electron chi connectivity index (χ2n) is 5.94. The second-order valence-corrected chi connectivity index (χ2v) is 5.94. The zero-order valence-corrected chi connectivity index (χ0v) is 12.3. The van der Waals surface area contributed by atoms with Crippen molar-refractivity contribution < 1.29 is 9.53 Å². The monoisotopic (exact) mass is 268 g/mol. The largest absolute Gasteiger partial charge is 0.377 e. The van der Waals surface area contributed by atoms with Gasteiger partial charge in [-0.15, -0.1) is 0 Å². The van der Waals surface area contributed by atoms with Crippen molar-refractivity contribution in [3.63, 3.8) is 0 Å². The van der Waals surface area contributed by atoms with Crippen LogP contribution in [0.2, 0.25) is 0 Å². The molecule has 0 bridgehead atoms. The Bertz CT molecular complexity index is 271. The number of rotatable bonds is 6. The summed E-state index contributed by atoms with van der Waals surface area (Å²) in [6.07, 6.45) is 8.14. The molecule has 4 heteroatoms. The molecule has 0 aromatic heterocycles. The first-order valence-electron chi connectivity index (χ1n) is 7.83. The van der Waals surface area contributed by atoms with Crippen LogP contribution in [0.3, 0.4) is 0 Å². The minimum absolute atomic E-state index is 0.352. The Labute approximate surface area is 117 Å². The summed E-state index contributed by atoms with van der Waals surface area (Å²) in [5.74, 6) is 0.352. The average Bonchev–Trinajstić information content (AvgIpc) is 2.92. The number of ether oxygens (including phenoxy) is 1. The molecule has 0 aromatic carbocycles. The molecule has 2 saturated heterocycles. The van der Waals surface area contributed by atoms with E-state index in [0.29, 0.717) is 18.4 Å². The molecule has 1 atom stereocenters. The Hall–Kier alpha value is -0.610. The Balaban J connectivity index is 1.55. The number of piperidine rings is 1. The van der Waals surface area contributed by atoms with Crippen LogP contribution in [-0.4, -0.2) is 61.6 Å².